The summed E-state index contributed by atoms with van der Waals surface area (Å²) < 4.78 is 27.9. The number of benzene rings is 2. The van der Waals surface area contributed by atoms with Crippen molar-refractivity contribution in [2.75, 3.05) is 11.5 Å². The Balaban J connectivity index is 1.92. The van der Waals surface area contributed by atoms with Crippen LogP contribution in [0.4, 0.5) is 20.4 Å². The highest BCUT2D eigenvalue weighted by atomic mass is 19.2. The third kappa shape index (κ3) is 2.44. The standard InChI is InChI=1S/C17H12F2N6/c18-11-7-6-10(8-12(11)19)25-15(21)13-14(20)22-16(23-17(13)24-25)9-4-2-1-3-5-9/h1-8H,21H2,(H2,20,22,23,24). The summed E-state index contributed by atoms with van der Waals surface area (Å²) in [6.07, 6.45) is 0. The number of nitrogens with two attached hydrogens (primary N) is 2. The minimum atomic E-state index is -1.000. The van der Waals surface area contributed by atoms with Crippen LogP contribution in [-0.4, -0.2) is 19.7 Å². The second kappa shape index (κ2) is 5.52. The van der Waals surface area contributed by atoms with Gasteiger partial charge in [0, 0.05) is 11.6 Å². The summed E-state index contributed by atoms with van der Waals surface area (Å²) in [6, 6.07) is 12.6. The van der Waals surface area contributed by atoms with Gasteiger partial charge in [-0.1, -0.05) is 30.3 Å². The Hall–Kier alpha value is -3.55. The predicted molar refractivity (Wildman–Crippen MR) is 90.8 cm³/mol. The molecule has 0 aliphatic rings. The van der Waals surface area contributed by atoms with E-state index < -0.39 is 11.6 Å². The monoisotopic (exact) mass is 338 g/mol. The quantitative estimate of drug-likeness (QED) is 0.586. The summed E-state index contributed by atoms with van der Waals surface area (Å²) in [5.74, 6) is -1.24. The van der Waals surface area contributed by atoms with E-state index in [4.69, 9.17) is 11.5 Å². The first-order chi connectivity index (χ1) is 12.0. The Morgan fingerprint density at radius 3 is 2.36 bits per heavy atom. The van der Waals surface area contributed by atoms with Crippen molar-refractivity contribution in [3.05, 3.63) is 60.2 Å². The van der Waals surface area contributed by atoms with Crippen LogP contribution in [0.2, 0.25) is 0 Å². The minimum Gasteiger partial charge on any atom is -0.383 e. The zero-order valence-corrected chi connectivity index (χ0v) is 12.8. The van der Waals surface area contributed by atoms with Gasteiger partial charge in [0.25, 0.3) is 0 Å². The van der Waals surface area contributed by atoms with Crippen molar-refractivity contribution >= 4 is 22.7 Å². The normalized spacial score (nSPS) is 11.1. The molecule has 0 saturated heterocycles. The van der Waals surface area contributed by atoms with Gasteiger partial charge >= 0.3 is 0 Å². The molecule has 0 amide bonds. The Morgan fingerprint density at radius 1 is 0.880 bits per heavy atom. The molecular formula is C17H12F2N6. The molecule has 0 bridgehead atoms. The maximum atomic E-state index is 13.5. The average Bonchev–Trinajstić information content (AvgIpc) is 2.95. The first kappa shape index (κ1) is 15.0. The molecular weight excluding hydrogens is 326 g/mol. The number of fused-ring (bicyclic) bond motifs is 1. The predicted octanol–water partition coefficient (Wildman–Crippen LogP) is 2.93. The summed E-state index contributed by atoms with van der Waals surface area (Å²) >= 11 is 0. The topological polar surface area (TPSA) is 95.6 Å². The molecule has 2 heterocycles. The third-order valence-corrected chi connectivity index (χ3v) is 3.78. The lowest BCUT2D eigenvalue weighted by Gasteiger charge is -2.04. The third-order valence-electron chi connectivity index (χ3n) is 3.78. The average molecular weight is 338 g/mol. The zero-order chi connectivity index (χ0) is 17.6. The van der Waals surface area contributed by atoms with E-state index in [9.17, 15) is 8.78 Å². The highest BCUT2D eigenvalue weighted by Crippen LogP contribution is 2.29. The fourth-order valence-corrected chi connectivity index (χ4v) is 2.57. The van der Waals surface area contributed by atoms with E-state index >= 15 is 0 Å². The lowest BCUT2D eigenvalue weighted by atomic mass is 10.2. The van der Waals surface area contributed by atoms with Crippen molar-refractivity contribution in [2.24, 2.45) is 0 Å². The summed E-state index contributed by atoms with van der Waals surface area (Å²) in [5, 5.41) is 4.64. The molecule has 0 aliphatic carbocycles. The van der Waals surface area contributed by atoms with E-state index in [-0.39, 0.29) is 23.0 Å². The van der Waals surface area contributed by atoms with Gasteiger partial charge in [0.05, 0.1) is 5.69 Å². The van der Waals surface area contributed by atoms with Gasteiger partial charge in [0.2, 0.25) is 0 Å². The van der Waals surface area contributed by atoms with Gasteiger partial charge < -0.3 is 11.5 Å². The molecule has 0 spiro atoms. The molecule has 4 rings (SSSR count). The van der Waals surface area contributed by atoms with Crippen molar-refractivity contribution in [2.45, 2.75) is 0 Å². The van der Waals surface area contributed by atoms with Gasteiger partial charge in [-0.2, -0.15) is 0 Å². The molecule has 25 heavy (non-hydrogen) atoms. The van der Waals surface area contributed by atoms with Crippen LogP contribution in [0.3, 0.4) is 0 Å². The number of aromatic nitrogens is 4. The Labute approximate surface area is 140 Å². The Morgan fingerprint density at radius 2 is 1.64 bits per heavy atom. The number of hydrogen-bond donors (Lipinski definition) is 2. The Kier molecular flexibility index (Phi) is 3.31. The summed E-state index contributed by atoms with van der Waals surface area (Å²) in [4.78, 5) is 8.65. The van der Waals surface area contributed by atoms with Crippen molar-refractivity contribution in [1.82, 2.24) is 19.7 Å². The smallest absolute Gasteiger partial charge is 0.189 e. The largest absolute Gasteiger partial charge is 0.383 e. The maximum absolute atomic E-state index is 13.5. The summed E-state index contributed by atoms with van der Waals surface area (Å²) in [5.41, 5.74) is 13.4. The summed E-state index contributed by atoms with van der Waals surface area (Å²) in [7, 11) is 0. The maximum Gasteiger partial charge on any atom is 0.189 e. The van der Waals surface area contributed by atoms with Crippen molar-refractivity contribution in [1.29, 1.82) is 0 Å². The van der Waals surface area contributed by atoms with Crippen LogP contribution in [-0.2, 0) is 0 Å². The molecule has 0 unspecified atom stereocenters. The highest BCUT2D eigenvalue weighted by Gasteiger charge is 2.17. The van der Waals surface area contributed by atoms with E-state index in [1.165, 1.54) is 10.7 Å². The van der Waals surface area contributed by atoms with E-state index in [0.717, 1.165) is 17.7 Å². The van der Waals surface area contributed by atoms with Crippen LogP contribution in [0.25, 0.3) is 28.1 Å². The van der Waals surface area contributed by atoms with Gasteiger partial charge in [0.1, 0.15) is 17.0 Å². The number of hydrogen-bond acceptors (Lipinski definition) is 5. The lowest BCUT2D eigenvalue weighted by Crippen LogP contribution is -2.03. The molecule has 2 aromatic heterocycles. The van der Waals surface area contributed by atoms with Crippen LogP contribution < -0.4 is 11.5 Å². The van der Waals surface area contributed by atoms with E-state index in [0.29, 0.717) is 11.2 Å². The number of nitrogens with zero attached hydrogens (tertiary/aromatic N) is 4. The SMILES string of the molecule is Nc1nc(-c2ccccc2)nc2nn(-c3ccc(F)c(F)c3)c(N)c12. The van der Waals surface area contributed by atoms with Crippen LogP contribution >= 0.6 is 0 Å². The van der Waals surface area contributed by atoms with Crippen LogP contribution in [0.15, 0.2) is 48.5 Å². The Bertz CT molecular complexity index is 1090. The molecule has 4 N–H and O–H groups in total. The van der Waals surface area contributed by atoms with Gasteiger partial charge in [-0.15, -0.1) is 5.10 Å². The molecule has 0 atom stereocenters. The zero-order valence-electron chi connectivity index (χ0n) is 12.8. The van der Waals surface area contributed by atoms with Gasteiger partial charge in [0.15, 0.2) is 23.1 Å². The fraction of sp³-hybridized carbons (Fsp3) is 0. The molecule has 2 aromatic carbocycles. The highest BCUT2D eigenvalue weighted by molar-refractivity contribution is 5.96. The number of halogens is 2. The van der Waals surface area contributed by atoms with Crippen LogP contribution in [0.5, 0.6) is 0 Å². The van der Waals surface area contributed by atoms with Crippen molar-refractivity contribution < 1.29 is 8.78 Å². The van der Waals surface area contributed by atoms with Crippen molar-refractivity contribution in [3.63, 3.8) is 0 Å². The number of anilines is 2. The first-order valence-corrected chi connectivity index (χ1v) is 7.37. The van der Waals surface area contributed by atoms with E-state index in [2.05, 4.69) is 15.1 Å². The van der Waals surface area contributed by atoms with Gasteiger partial charge in [-0.3, -0.25) is 0 Å². The lowest BCUT2D eigenvalue weighted by molar-refractivity contribution is 0.507. The second-order valence-electron chi connectivity index (χ2n) is 5.39. The molecule has 4 aromatic rings. The summed E-state index contributed by atoms with van der Waals surface area (Å²) in [6.45, 7) is 0. The molecule has 6 nitrogen and oxygen atoms in total. The molecule has 0 aliphatic heterocycles. The number of nitrogen functional groups attached to an aromatic ring is 2. The second-order valence-corrected chi connectivity index (χ2v) is 5.39. The molecule has 124 valence electrons. The molecule has 0 saturated carbocycles. The minimum absolute atomic E-state index is 0.151. The van der Waals surface area contributed by atoms with Crippen LogP contribution in [0.1, 0.15) is 0 Å². The van der Waals surface area contributed by atoms with E-state index in [1.54, 1.807) is 0 Å². The fourth-order valence-electron chi connectivity index (χ4n) is 2.57. The van der Waals surface area contributed by atoms with Gasteiger partial charge in [-0.25, -0.2) is 23.4 Å². The molecule has 0 fully saturated rings. The van der Waals surface area contributed by atoms with Gasteiger partial charge in [-0.05, 0) is 12.1 Å². The molecule has 8 heteroatoms. The first-order valence-electron chi connectivity index (χ1n) is 7.37. The number of rotatable bonds is 2. The van der Waals surface area contributed by atoms with Crippen molar-refractivity contribution in [3.8, 4) is 17.1 Å². The molecule has 0 radical (unpaired) electrons. The van der Waals surface area contributed by atoms with E-state index in [1.807, 2.05) is 30.3 Å². The van der Waals surface area contributed by atoms with Crippen LogP contribution in [0, 0.1) is 11.6 Å².